The summed E-state index contributed by atoms with van der Waals surface area (Å²) in [5.74, 6) is -0.360. The van der Waals surface area contributed by atoms with Crippen molar-refractivity contribution < 1.29 is 14.7 Å². The van der Waals surface area contributed by atoms with Gasteiger partial charge < -0.3 is 10.0 Å². The highest BCUT2D eigenvalue weighted by Crippen LogP contribution is 2.29. The lowest BCUT2D eigenvalue weighted by molar-refractivity contribution is -0.133. The van der Waals surface area contributed by atoms with Crippen molar-refractivity contribution in [2.24, 2.45) is 17.3 Å². The molecular weight excluding hydrogens is 338 g/mol. The Kier molecular flexibility index (Phi) is 13.9. The number of hydrogen-bond acceptors (Lipinski definition) is 2. The van der Waals surface area contributed by atoms with Gasteiger partial charge in [0.2, 0.25) is 5.91 Å². The number of carboxylic acid groups (broad SMARTS) is 1. The quantitative estimate of drug-likeness (QED) is 0.418. The van der Waals surface area contributed by atoms with Gasteiger partial charge in [0.25, 0.3) is 0 Å². The molecule has 4 heteroatoms. The molecule has 4 nitrogen and oxygen atoms in total. The van der Waals surface area contributed by atoms with Crippen LogP contribution < -0.4 is 0 Å². The standard InChI is InChI=1S/C20H35NO3.C3H8/c1-9-16(20(5,6)7)11-10-12-18(22)21(8)17(14(2)3)13-15(4)19(23)24;1-3-2/h10-11,13-14,16-17H,9,12H2,1-8H3,(H,23,24);3H2,1-2H3/b11-10+,15-13+;/t16-,17-;/m1./s1. The summed E-state index contributed by atoms with van der Waals surface area (Å²) in [6.45, 7) is 18.5. The van der Waals surface area contributed by atoms with Gasteiger partial charge in [-0.05, 0) is 30.6 Å². The molecule has 0 aromatic rings. The molecule has 1 amide bonds. The van der Waals surface area contributed by atoms with E-state index in [0.29, 0.717) is 12.3 Å². The molecule has 0 unspecified atom stereocenters. The maximum absolute atomic E-state index is 12.5. The van der Waals surface area contributed by atoms with Gasteiger partial charge in [-0.2, -0.15) is 0 Å². The molecule has 0 radical (unpaired) electrons. The van der Waals surface area contributed by atoms with E-state index in [2.05, 4.69) is 47.6 Å². The topological polar surface area (TPSA) is 57.6 Å². The zero-order chi connectivity index (χ0) is 21.8. The lowest BCUT2D eigenvalue weighted by Crippen LogP contribution is -2.39. The fraction of sp³-hybridized carbons (Fsp3) is 0.739. The summed E-state index contributed by atoms with van der Waals surface area (Å²) in [4.78, 5) is 25.2. The van der Waals surface area contributed by atoms with Gasteiger partial charge in [0.15, 0.2) is 0 Å². The second kappa shape index (κ2) is 13.6. The molecular formula is C23H43NO3. The summed E-state index contributed by atoms with van der Waals surface area (Å²) in [7, 11) is 1.74. The van der Waals surface area contributed by atoms with Crippen LogP contribution >= 0.6 is 0 Å². The zero-order valence-electron chi connectivity index (χ0n) is 19.3. The minimum atomic E-state index is -0.947. The van der Waals surface area contributed by atoms with Gasteiger partial charge in [-0.1, -0.05) is 80.0 Å². The Morgan fingerprint density at radius 1 is 1.11 bits per heavy atom. The van der Waals surface area contributed by atoms with Crippen LogP contribution in [0.15, 0.2) is 23.8 Å². The molecule has 0 aromatic carbocycles. The summed E-state index contributed by atoms with van der Waals surface area (Å²) in [5, 5.41) is 9.06. The Labute approximate surface area is 167 Å². The van der Waals surface area contributed by atoms with Crippen LogP contribution in [-0.2, 0) is 9.59 Å². The molecule has 0 aliphatic carbocycles. The number of allylic oxidation sites excluding steroid dienone is 1. The molecule has 0 aliphatic rings. The predicted molar refractivity (Wildman–Crippen MR) is 116 cm³/mol. The first-order valence-electron chi connectivity index (χ1n) is 10.2. The SMILES string of the molecule is CCC.CC[C@H](/C=C/CC(=O)N(C)[C@H](/C=C(\C)C(=O)O)C(C)C)C(C)(C)C. The number of carboxylic acids is 1. The van der Waals surface area contributed by atoms with Crippen molar-refractivity contribution in [1.82, 2.24) is 4.90 Å². The van der Waals surface area contributed by atoms with Gasteiger partial charge in [0.05, 0.1) is 6.04 Å². The van der Waals surface area contributed by atoms with E-state index >= 15 is 0 Å². The van der Waals surface area contributed by atoms with Crippen LogP contribution in [-0.4, -0.2) is 35.0 Å². The lowest BCUT2D eigenvalue weighted by Gasteiger charge is -2.29. The van der Waals surface area contributed by atoms with Crippen LogP contribution in [0.2, 0.25) is 0 Å². The number of carbonyl (C=O) groups excluding carboxylic acids is 1. The monoisotopic (exact) mass is 381 g/mol. The number of hydrogen-bond donors (Lipinski definition) is 1. The average molecular weight is 382 g/mol. The van der Waals surface area contributed by atoms with Gasteiger partial charge in [-0.25, -0.2) is 4.79 Å². The molecule has 0 bridgehead atoms. The molecule has 2 atom stereocenters. The maximum Gasteiger partial charge on any atom is 0.331 e. The Hall–Kier alpha value is -1.58. The van der Waals surface area contributed by atoms with E-state index in [9.17, 15) is 9.59 Å². The first kappa shape index (κ1) is 27.6. The largest absolute Gasteiger partial charge is 0.478 e. The summed E-state index contributed by atoms with van der Waals surface area (Å²) in [6.07, 6.45) is 8.38. The Balaban J connectivity index is 0. The van der Waals surface area contributed by atoms with Crippen LogP contribution in [0.1, 0.15) is 81.6 Å². The zero-order valence-corrected chi connectivity index (χ0v) is 19.3. The van der Waals surface area contributed by atoms with Crippen LogP contribution in [0.25, 0.3) is 0 Å². The third kappa shape index (κ3) is 11.7. The number of nitrogens with zero attached hydrogens (tertiary/aromatic N) is 1. The van der Waals surface area contributed by atoms with Crippen LogP contribution in [0.4, 0.5) is 0 Å². The molecule has 0 aliphatic heterocycles. The highest BCUT2D eigenvalue weighted by molar-refractivity contribution is 5.86. The molecule has 0 heterocycles. The van der Waals surface area contributed by atoms with E-state index in [0.717, 1.165) is 6.42 Å². The number of likely N-dealkylation sites (N-methyl/N-ethyl adjacent to an activating group) is 1. The predicted octanol–water partition coefficient (Wildman–Crippen LogP) is 5.94. The van der Waals surface area contributed by atoms with Crippen molar-refractivity contribution in [2.45, 2.75) is 87.6 Å². The normalized spacial score (nSPS) is 14.6. The van der Waals surface area contributed by atoms with Crippen molar-refractivity contribution in [1.29, 1.82) is 0 Å². The van der Waals surface area contributed by atoms with Crippen molar-refractivity contribution in [3.05, 3.63) is 23.8 Å². The molecule has 0 fully saturated rings. The van der Waals surface area contributed by atoms with E-state index in [-0.39, 0.29) is 28.9 Å². The van der Waals surface area contributed by atoms with Crippen LogP contribution in [0, 0.1) is 17.3 Å². The highest BCUT2D eigenvalue weighted by Gasteiger charge is 2.22. The van der Waals surface area contributed by atoms with E-state index in [4.69, 9.17) is 5.11 Å². The summed E-state index contributed by atoms with van der Waals surface area (Å²) in [5.41, 5.74) is 0.449. The van der Waals surface area contributed by atoms with E-state index in [1.807, 2.05) is 19.9 Å². The Morgan fingerprint density at radius 3 is 1.93 bits per heavy atom. The summed E-state index contributed by atoms with van der Waals surface area (Å²) < 4.78 is 0. The fourth-order valence-corrected chi connectivity index (χ4v) is 2.76. The molecule has 0 aromatic heterocycles. The minimum Gasteiger partial charge on any atom is -0.478 e. The Morgan fingerprint density at radius 2 is 1.59 bits per heavy atom. The number of rotatable bonds is 8. The average Bonchev–Trinajstić information content (AvgIpc) is 2.54. The molecule has 0 spiro atoms. The molecule has 0 saturated carbocycles. The maximum atomic E-state index is 12.5. The molecule has 0 rings (SSSR count). The molecule has 27 heavy (non-hydrogen) atoms. The van der Waals surface area contributed by atoms with E-state index in [1.165, 1.54) is 6.42 Å². The third-order valence-corrected chi connectivity index (χ3v) is 4.49. The number of amides is 1. The third-order valence-electron chi connectivity index (χ3n) is 4.49. The molecule has 0 saturated heterocycles. The fourth-order valence-electron chi connectivity index (χ4n) is 2.76. The molecule has 1 N–H and O–H groups in total. The Bertz CT molecular complexity index is 498. The minimum absolute atomic E-state index is 0.00292. The van der Waals surface area contributed by atoms with Gasteiger partial charge in [0.1, 0.15) is 0 Å². The first-order chi connectivity index (χ1) is 12.3. The van der Waals surface area contributed by atoms with Gasteiger partial charge in [0, 0.05) is 19.0 Å². The van der Waals surface area contributed by atoms with Crippen LogP contribution in [0.3, 0.4) is 0 Å². The summed E-state index contributed by atoms with van der Waals surface area (Å²) >= 11 is 0. The number of carbonyl (C=O) groups is 2. The second-order valence-corrected chi connectivity index (χ2v) is 8.61. The number of aliphatic carboxylic acids is 1. The molecule has 158 valence electrons. The van der Waals surface area contributed by atoms with Gasteiger partial charge in [-0.15, -0.1) is 0 Å². The van der Waals surface area contributed by atoms with Crippen molar-refractivity contribution in [3.63, 3.8) is 0 Å². The van der Waals surface area contributed by atoms with Crippen molar-refractivity contribution >= 4 is 11.9 Å². The smallest absolute Gasteiger partial charge is 0.331 e. The van der Waals surface area contributed by atoms with Crippen LogP contribution in [0.5, 0.6) is 0 Å². The van der Waals surface area contributed by atoms with E-state index < -0.39 is 5.97 Å². The van der Waals surface area contributed by atoms with Gasteiger partial charge in [-0.3, -0.25) is 4.79 Å². The second-order valence-electron chi connectivity index (χ2n) is 8.61. The summed E-state index contributed by atoms with van der Waals surface area (Å²) in [6, 6.07) is -0.216. The van der Waals surface area contributed by atoms with Crippen molar-refractivity contribution in [3.8, 4) is 0 Å². The first-order valence-corrected chi connectivity index (χ1v) is 10.2. The van der Waals surface area contributed by atoms with Crippen molar-refractivity contribution in [2.75, 3.05) is 7.05 Å². The van der Waals surface area contributed by atoms with E-state index in [1.54, 1.807) is 24.9 Å². The van der Waals surface area contributed by atoms with Gasteiger partial charge >= 0.3 is 5.97 Å². The lowest BCUT2D eigenvalue weighted by atomic mass is 9.79. The highest BCUT2D eigenvalue weighted by atomic mass is 16.4.